The minimum atomic E-state index is -0.0665. The monoisotopic (exact) mass is 357 g/mol. The minimum Gasteiger partial charge on any atom is -0.350 e. The van der Waals surface area contributed by atoms with E-state index in [0.29, 0.717) is 12.1 Å². The Hall–Kier alpha value is -1.91. The molecule has 1 atom stereocenters. The van der Waals surface area contributed by atoms with E-state index in [-0.39, 0.29) is 11.9 Å². The number of aromatic nitrogens is 1. The van der Waals surface area contributed by atoms with Gasteiger partial charge in [-0.05, 0) is 69.6 Å². The maximum Gasteiger partial charge on any atom is 0.253 e. The lowest BCUT2D eigenvalue weighted by Gasteiger charge is -2.28. The zero-order chi connectivity index (χ0) is 17.8. The first-order valence-corrected chi connectivity index (χ1v) is 9.14. The molecule has 1 aromatic heterocycles. The van der Waals surface area contributed by atoms with E-state index < -0.39 is 0 Å². The average molecular weight is 358 g/mol. The molecule has 1 aliphatic rings. The van der Waals surface area contributed by atoms with Gasteiger partial charge < -0.3 is 5.32 Å². The number of carbonyl (C=O) groups is 1. The van der Waals surface area contributed by atoms with Crippen molar-refractivity contribution in [1.29, 1.82) is 0 Å². The third-order valence-corrected chi connectivity index (χ3v) is 5.01. The van der Waals surface area contributed by atoms with Crippen molar-refractivity contribution >= 4 is 17.5 Å². The summed E-state index contributed by atoms with van der Waals surface area (Å²) in [4.78, 5) is 19.4. The highest BCUT2D eigenvalue weighted by molar-refractivity contribution is 6.30. The molecule has 1 amide bonds. The van der Waals surface area contributed by atoms with Gasteiger partial charge in [-0.3, -0.25) is 14.7 Å². The molecule has 25 heavy (non-hydrogen) atoms. The fourth-order valence-electron chi connectivity index (χ4n) is 3.41. The predicted octanol–water partition coefficient (Wildman–Crippen LogP) is 3.92. The van der Waals surface area contributed by atoms with Gasteiger partial charge in [0.2, 0.25) is 0 Å². The van der Waals surface area contributed by atoms with Crippen LogP contribution in [0, 0.1) is 13.8 Å². The van der Waals surface area contributed by atoms with Crippen LogP contribution in [0.2, 0.25) is 5.02 Å². The summed E-state index contributed by atoms with van der Waals surface area (Å²) < 4.78 is 0. The highest BCUT2D eigenvalue weighted by Gasteiger charge is 2.24. The zero-order valence-corrected chi connectivity index (χ0v) is 15.5. The molecule has 1 aromatic carbocycles. The lowest BCUT2D eigenvalue weighted by atomic mass is 10.1. The van der Waals surface area contributed by atoms with Gasteiger partial charge in [0.15, 0.2) is 0 Å². The Morgan fingerprint density at radius 3 is 2.48 bits per heavy atom. The van der Waals surface area contributed by atoms with Crippen LogP contribution in [0.15, 0.2) is 36.4 Å². The lowest BCUT2D eigenvalue weighted by molar-refractivity contribution is 0.0937. The lowest BCUT2D eigenvalue weighted by Crippen LogP contribution is -2.37. The number of nitrogens with zero attached hydrogens (tertiary/aromatic N) is 2. The highest BCUT2D eigenvalue weighted by Crippen LogP contribution is 2.26. The van der Waals surface area contributed by atoms with Gasteiger partial charge in [0.1, 0.15) is 0 Å². The maximum absolute atomic E-state index is 12.6. The number of aryl methyl sites for hydroxylation is 2. The number of amides is 1. The second kappa shape index (κ2) is 7.98. The van der Waals surface area contributed by atoms with Gasteiger partial charge in [0.25, 0.3) is 5.91 Å². The van der Waals surface area contributed by atoms with Crippen LogP contribution >= 0.6 is 11.6 Å². The van der Waals surface area contributed by atoms with Crippen molar-refractivity contribution in [2.45, 2.75) is 32.7 Å². The molecule has 2 aromatic rings. The molecule has 1 aliphatic heterocycles. The van der Waals surface area contributed by atoms with Crippen LogP contribution in [0.3, 0.4) is 0 Å². The van der Waals surface area contributed by atoms with Crippen molar-refractivity contribution in [2.75, 3.05) is 19.6 Å². The van der Waals surface area contributed by atoms with Gasteiger partial charge in [-0.15, -0.1) is 0 Å². The first-order chi connectivity index (χ1) is 12.0. The summed E-state index contributed by atoms with van der Waals surface area (Å²) in [6, 6.07) is 11.8. The number of nitrogens with one attached hydrogen (secondary N) is 1. The molecule has 4 nitrogen and oxygen atoms in total. The Morgan fingerprint density at radius 1 is 1.16 bits per heavy atom. The molecule has 3 rings (SSSR count). The van der Waals surface area contributed by atoms with Crippen LogP contribution < -0.4 is 5.32 Å². The second-order valence-electron chi connectivity index (χ2n) is 6.61. The van der Waals surface area contributed by atoms with Crippen LogP contribution in [0.5, 0.6) is 0 Å². The average Bonchev–Trinajstić information content (AvgIpc) is 3.10. The van der Waals surface area contributed by atoms with E-state index in [0.717, 1.165) is 29.5 Å². The number of rotatable bonds is 5. The topological polar surface area (TPSA) is 45.2 Å². The van der Waals surface area contributed by atoms with Crippen molar-refractivity contribution in [3.8, 4) is 0 Å². The Labute approximate surface area is 154 Å². The quantitative estimate of drug-likeness (QED) is 0.882. The molecule has 1 fully saturated rings. The molecule has 0 aliphatic carbocycles. The minimum absolute atomic E-state index is 0.0665. The molecule has 1 saturated heterocycles. The summed E-state index contributed by atoms with van der Waals surface area (Å²) in [5.41, 5.74) is 3.51. The highest BCUT2D eigenvalue weighted by atomic mass is 35.5. The molecule has 0 spiro atoms. The molecular weight excluding hydrogens is 334 g/mol. The number of likely N-dealkylation sites (tertiary alicyclic amines) is 1. The van der Waals surface area contributed by atoms with Gasteiger partial charge in [-0.25, -0.2) is 0 Å². The van der Waals surface area contributed by atoms with Crippen molar-refractivity contribution in [2.24, 2.45) is 0 Å². The third kappa shape index (κ3) is 4.39. The van der Waals surface area contributed by atoms with E-state index in [9.17, 15) is 4.79 Å². The largest absolute Gasteiger partial charge is 0.350 e. The van der Waals surface area contributed by atoms with E-state index in [1.54, 1.807) is 0 Å². The van der Waals surface area contributed by atoms with Crippen LogP contribution in [0.1, 0.15) is 46.2 Å². The van der Waals surface area contributed by atoms with Crippen LogP contribution in [-0.4, -0.2) is 35.4 Å². The molecule has 0 unspecified atom stereocenters. The number of pyridine rings is 1. The van der Waals surface area contributed by atoms with E-state index in [1.807, 2.05) is 38.1 Å². The van der Waals surface area contributed by atoms with Gasteiger partial charge >= 0.3 is 0 Å². The van der Waals surface area contributed by atoms with Gasteiger partial charge in [-0.1, -0.05) is 23.7 Å². The summed E-state index contributed by atoms with van der Waals surface area (Å²) >= 11 is 6.02. The standard InChI is InChI=1S/C20H24ClN3O/c1-14-5-10-18(15(2)23-14)20(25)22-13-19(24-11-3-4-12-24)16-6-8-17(21)9-7-16/h5-10,19H,3-4,11-13H2,1-2H3,(H,22,25)/t19-/m0/s1. The fourth-order valence-corrected chi connectivity index (χ4v) is 3.53. The molecule has 0 saturated carbocycles. The smallest absolute Gasteiger partial charge is 0.253 e. The van der Waals surface area contributed by atoms with Gasteiger partial charge in [0, 0.05) is 17.3 Å². The second-order valence-corrected chi connectivity index (χ2v) is 7.04. The van der Waals surface area contributed by atoms with Crippen molar-refractivity contribution in [1.82, 2.24) is 15.2 Å². The van der Waals surface area contributed by atoms with E-state index in [2.05, 4.69) is 27.3 Å². The summed E-state index contributed by atoms with van der Waals surface area (Å²) in [5.74, 6) is -0.0665. The van der Waals surface area contributed by atoms with E-state index in [4.69, 9.17) is 11.6 Å². The Kier molecular flexibility index (Phi) is 5.71. The Balaban J connectivity index is 1.73. The summed E-state index contributed by atoms with van der Waals surface area (Å²) in [6.07, 6.45) is 2.41. The van der Waals surface area contributed by atoms with Crippen molar-refractivity contribution in [3.05, 3.63) is 63.9 Å². The Morgan fingerprint density at radius 2 is 1.84 bits per heavy atom. The summed E-state index contributed by atoms with van der Waals surface area (Å²) in [5, 5.41) is 3.83. The molecule has 132 valence electrons. The number of hydrogen-bond acceptors (Lipinski definition) is 3. The Bertz CT molecular complexity index is 739. The number of benzene rings is 1. The van der Waals surface area contributed by atoms with Gasteiger partial charge in [-0.2, -0.15) is 0 Å². The fraction of sp³-hybridized carbons (Fsp3) is 0.400. The third-order valence-electron chi connectivity index (χ3n) is 4.76. The van der Waals surface area contributed by atoms with Crippen LogP contribution in [0.4, 0.5) is 0 Å². The van der Waals surface area contributed by atoms with E-state index >= 15 is 0 Å². The molecule has 0 radical (unpaired) electrons. The number of hydrogen-bond donors (Lipinski definition) is 1. The molecular formula is C20H24ClN3O. The molecule has 5 heteroatoms. The maximum atomic E-state index is 12.6. The zero-order valence-electron chi connectivity index (χ0n) is 14.8. The first-order valence-electron chi connectivity index (χ1n) is 8.76. The SMILES string of the molecule is Cc1ccc(C(=O)NC[C@@H](c2ccc(Cl)cc2)N2CCCC2)c(C)n1. The molecule has 2 heterocycles. The molecule has 0 bridgehead atoms. The van der Waals surface area contributed by atoms with Crippen LogP contribution in [-0.2, 0) is 0 Å². The van der Waals surface area contributed by atoms with Gasteiger partial charge in [0.05, 0.1) is 17.3 Å². The normalized spacial score (nSPS) is 16.0. The predicted molar refractivity (Wildman–Crippen MR) is 101 cm³/mol. The van der Waals surface area contributed by atoms with E-state index in [1.165, 1.54) is 18.4 Å². The number of carbonyl (C=O) groups excluding carboxylic acids is 1. The van der Waals surface area contributed by atoms with Crippen LogP contribution in [0.25, 0.3) is 0 Å². The summed E-state index contributed by atoms with van der Waals surface area (Å²) in [6.45, 7) is 6.51. The van der Waals surface area contributed by atoms with Crippen molar-refractivity contribution in [3.63, 3.8) is 0 Å². The number of halogens is 1. The van der Waals surface area contributed by atoms with Crippen molar-refractivity contribution < 1.29 is 4.79 Å². The first kappa shape index (κ1) is 17.9. The molecule has 1 N–H and O–H groups in total. The summed E-state index contributed by atoms with van der Waals surface area (Å²) in [7, 11) is 0.